The molecule has 36 heavy (non-hydrogen) atoms. The van der Waals surface area contributed by atoms with Crippen molar-refractivity contribution < 1.29 is 9.63 Å². The predicted molar refractivity (Wildman–Crippen MR) is 141 cm³/mol. The third-order valence-electron chi connectivity index (χ3n) is 5.61. The molecule has 4 aromatic rings. The number of hydrogen-bond donors (Lipinski definition) is 2. The summed E-state index contributed by atoms with van der Waals surface area (Å²) in [7, 11) is 6.95. The van der Waals surface area contributed by atoms with Gasteiger partial charge in [-0.2, -0.15) is 0 Å². The van der Waals surface area contributed by atoms with Crippen LogP contribution in [0.4, 0.5) is 5.82 Å². The van der Waals surface area contributed by atoms with Gasteiger partial charge in [0.05, 0.1) is 21.0 Å². The van der Waals surface area contributed by atoms with Crippen LogP contribution in [0.25, 0.3) is 33.5 Å². The summed E-state index contributed by atoms with van der Waals surface area (Å²) >= 11 is 12.7. The number of amides is 1. The van der Waals surface area contributed by atoms with Gasteiger partial charge in [-0.1, -0.05) is 29.3 Å². The van der Waals surface area contributed by atoms with E-state index < -0.39 is 5.56 Å². The largest absolute Gasteiger partial charge is 0.412 e. The Kier molecular flexibility index (Phi) is 7.21. The molecule has 0 aliphatic rings. The quantitative estimate of drug-likeness (QED) is 0.377. The number of fused-ring (bicyclic) bond motifs is 1. The molecule has 0 atom stereocenters. The number of pyridine rings is 1. The summed E-state index contributed by atoms with van der Waals surface area (Å²) in [5.41, 5.74) is 7.49. The fraction of sp³-hybridized carbons (Fsp3) is 0.250. The highest BCUT2D eigenvalue weighted by molar-refractivity contribution is 6.39. The van der Waals surface area contributed by atoms with Gasteiger partial charge < -0.3 is 25.4 Å². The Hall–Kier alpha value is -3.60. The van der Waals surface area contributed by atoms with Crippen molar-refractivity contribution in [3.63, 3.8) is 0 Å². The van der Waals surface area contributed by atoms with Crippen molar-refractivity contribution >= 4 is 46.0 Å². The summed E-state index contributed by atoms with van der Waals surface area (Å²) in [6.45, 7) is 1.22. The Morgan fingerprint density at radius 1 is 1.19 bits per heavy atom. The Morgan fingerprint density at radius 2 is 1.89 bits per heavy atom. The number of carbonyl (C=O) groups is 1. The van der Waals surface area contributed by atoms with Gasteiger partial charge in [0.2, 0.25) is 0 Å². The van der Waals surface area contributed by atoms with Crippen molar-refractivity contribution in [3.8, 4) is 22.5 Å². The third kappa shape index (κ3) is 4.75. The van der Waals surface area contributed by atoms with Crippen molar-refractivity contribution in [1.29, 1.82) is 0 Å². The molecule has 3 N–H and O–H groups in total. The molecule has 0 aliphatic carbocycles. The maximum atomic E-state index is 13.3. The van der Waals surface area contributed by atoms with Crippen LogP contribution in [0.3, 0.4) is 0 Å². The van der Waals surface area contributed by atoms with Gasteiger partial charge in [-0.25, -0.2) is 9.97 Å². The number of benzene rings is 1. The highest BCUT2D eigenvalue weighted by Gasteiger charge is 2.21. The van der Waals surface area contributed by atoms with Crippen LogP contribution in [0.15, 0.2) is 41.3 Å². The van der Waals surface area contributed by atoms with Crippen LogP contribution in [0.1, 0.15) is 10.5 Å². The molecule has 4 rings (SSSR count). The smallest absolute Gasteiger partial charge is 0.293 e. The molecule has 12 heteroatoms. The van der Waals surface area contributed by atoms with E-state index in [9.17, 15) is 9.59 Å². The van der Waals surface area contributed by atoms with E-state index in [0.717, 1.165) is 4.73 Å². The lowest BCUT2D eigenvalue weighted by molar-refractivity contribution is 0.0943. The summed E-state index contributed by atoms with van der Waals surface area (Å²) in [6, 6.07) is 8.17. The van der Waals surface area contributed by atoms with Gasteiger partial charge in [0.1, 0.15) is 18.6 Å². The topological polar surface area (TPSA) is 120 Å². The highest BCUT2D eigenvalue weighted by Crippen LogP contribution is 2.34. The fourth-order valence-electron chi connectivity index (χ4n) is 3.81. The predicted octanol–water partition coefficient (Wildman–Crippen LogP) is 2.70. The number of aromatic nitrogens is 4. The molecule has 0 radical (unpaired) electrons. The normalized spacial score (nSPS) is 11.3. The Morgan fingerprint density at radius 3 is 2.53 bits per heavy atom. The van der Waals surface area contributed by atoms with E-state index in [1.807, 2.05) is 19.0 Å². The van der Waals surface area contributed by atoms with Gasteiger partial charge in [0.15, 0.2) is 11.5 Å². The van der Waals surface area contributed by atoms with Crippen molar-refractivity contribution in [1.82, 2.24) is 29.5 Å². The zero-order valence-corrected chi connectivity index (χ0v) is 21.7. The molecule has 3 aromatic heterocycles. The lowest BCUT2D eigenvalue weighted by Crippen LogP contribution is -2.32. The zero-order valence-electron chi connectivity index (χ0n) is 20.2. The van der Waals surface area contributed by atoms with E-state index in [1.165, 1.54) is 7.11 Å². The van der Waals surface area contributed by atoms with Crippen LogP contribution in [-0.2, 0) is 7.05 Å². The number of hydrogen-bond acceptors (Lipinski definition) is 7. The maximum absolute atomic E-state index is 13.3. The maximum Gasteiger partial charge on any atom is 0.293 e. The number of anilines is 1. The Labute approximate surface area is 217 Å². The van der Waals surface area contributed by atoms with E-state index in [0.29, 0.717) is 45.3 Å². The second kappa shape index (κ2) is 10.2. The lowest BCUT2D eigenvalue weighted by Gasteiger charge is -2.14. The third-order valence-corrected chi connectivity index (χ3v) is 6.24. The first-order valence-corrected chi connectivity index (χ1v) is 11.7. The number of rotatable bonds is 7. The number of likely N-dealkylation sites (N-methyl/N-ethyl adjacent to an activating group) is 1. The number of nitrogens with zero attached hydrogens (tertiary/aromatic N) is 5. The number of nitrogens with one attached hydrogen (secondary N) is 1. The van der Waals surface area contributed by atoms with Gasteiger partial charge in [0.25, 0.3) is 11.5 Å². The molecule has 0 fully saturated rings. The van der Waals surface area contributed by atoms with Gasteiger partial charge in [0, 0.05) is 37.5 Å². The van der Waals surface area contributed by atoms with Gasteiger partial charge >= 0.3 is 0 Å². The minimum atomic E-state index is -0.516. The minimum absolute atomic E-state index is 0.117. The molecular formula is C24H25Cl2N7O3. The molecular weight excluding hydrogens is 505 g/mol. The summed E-state index contributed by atoms with van der Waals surface area (Å²) in [6.07, 6.45) is 1.72. The van der Waals surface area contributed by atoms with Crippen molar-refractivity contribution in [2.24, 2.45) is 7.05 Å². The van der Waals surface area contributed by atoms with E-state index in [-0.39, 0.29) is 28.8 Å². The number of halogens is 2. The first-order valence-electron chi connectivity index (χ1n) is 10.9. The lowest BCUT2D eigenvalue weighted by atomic mass is 10.1. The van der Waals surface area contributed by atoms with E-state index in [2.05, 4.69) is 15.3 Å². The molecule has 0 saturated heterocycles. The molecule has 3 heterocycles. The molecule has 0 bridgehead atoms. The highest BCUT2D eigenvalue weighted by atomic mass is 35.5. The fourth-order valence-corrected chi connectivity index (χ4v) is 4.41. The molecule has 0 unspecified atom stereocenters. The minimum Gasteiger partial charge on any atom is -0.412 e. The number of aryl methyl sites for hydroxylation is 1. The summed E-state index contributed by atoms with van der Waals surface area (Å²) in [5, 5.41) is 3.87. The monoisotopic (exact) mass is 529 g/mol. The molecule has 0 aliphatic heterocycles. The van der Waals surface area contributed by atoms with Crippen LogP contribution >= 0.6 is 23.2 Å². The zero-order chi connectivity index (χ0) is 26.1. The van der Waals surface area contributed by atoms with Crippen molar-refractivity contribution in [2.75, 3.05) is 40.0 Å². The van der Waals surface area contributed by atoms with Crippen LogP contribution in [-0.4, -0.2) is 64.4 Å². The second-order valence-electron chi connectivity index (χ2n) is 8.39. The van der Waals surface area contributed by atoms with Crippen molar-refractivity contribution in [3.05, 3.63) is 62.6 Å². The first-order chi connectivity index (χ1) is 17.1. The Balaban J connectivity index is 1.81. The second-order valence-corrected chi connectivity index (χ2v) is 9.21. The molecule has 1 amide bonds. The summed E-state index contributed by atoms with van der Waals surface area (Å²) in [4.78, 5) is 42.3. The van der Waals surface area contributed by atoms with Crippen LogP contribution in [0.5, 0.6) is 0 Å². The molecule has 0 spiro atoms. The number of nitrogen functional groups attached to an aromatic ring is 1. The SMILES string of the molecule is COn1c(=O)c(-c2c(Cl)cccc2Cl)cc2c(N)nc(-c3cc(C(=O)NCCN(C)C)n(C)c3)nc21. The first kappa shape index (κ1) is 25.5. The average Bonchev–Trinajstić information content (AvgIpc) is 3.21. The standard InChI is InChI=1S/C24H25Cl2N7O3/c1-31(2)9-8-28-23(34)18-10-13(12-32(18)3)21-29-20(27)15-11-14(19-16(25)6-5-7-17(19)26)24(35)33(36-4)22(15)30-21/h5-7,10-12H,8-9H2,1-4H3,(H,28,34)(H2,27,29,30). The average molecular weight is 530 g/mol. The van der Waals surface area contributed by atoms with E-state index in [4.69, 9.17) is 33.8 Å². The van der Waals surface area contributed by atoms with E-state index >= 15 is 0 Å². The molecule has 10 nitrogen and oxygen atoms in total. The van der Waals surface area contributed by atoms with Crippen LogP contribution < -0.4 is 21.4 Å². The number of carbonyl (C=O) groups excluding carboxylic acids is 1. The van der Waals surface area contributed by atoms with E-state index in [1.54, 1.807) is 48.1 Å². The summed E-state index contributed by atoms with van der Waals surface area (Å²) < 4.78 is 2.69. The van der Waals surface area contributed by atoms with Gasteiger partial charge in [-0.05, 0) is 38.4 Å². The Bertz CT molecular complexity index is 1510. The van der Waals surface area contributed by atoms with Gasteiger partial charge in [-0.3, -0.25) is 9.59 Å². The van der Waals surface area contributed by atoms with Crippen molar-refractivity contribution in [2.45, 2.75) is 0 Å². The molecule has 1 aromatic carbocycles. The summed E-state index contributed by atoms with van der Waals surface area (Å²) in [5.74, 6) is 0.122. The molecule has 0 saturated carbocycles. The van der Waals surface area contributed by atoms with Crippen LogP contribution in [0.2, 0.25) is 10.0 Å². The van der Waals surface area contributed by atoms with Crippen LogP contribution in [0, 0.1) is 0 Å². The van der Waals surface area contributed by atoms with Gasteiger partial charge in [-0.15, -0.1) is 4.73 Å². The number of nitrogens with two attached hydrogens (primary N) is 1. The molecule has 188 valence electrons.